The Bertz CT molecular complexity index is 317. The number of nitrogens with zero attached hydrogens (tertiary/aromatic N) is 3. The number of nitrogens with one attached hydrogen (secondary N) is 1. The topological polar surface area (TPSA) is 78.0 Å². The summed E-state index contributed by atoms with van der Waals surface area (Å²) in [6, 6.07) is 0.0518. The lowest BCUT2D eigenvalue weighted by atomic mass is 10.1. The maximum atomic E-state index is 5.66. The number of ether oxygens (including phenoxy) is 1. The van der Waals surface area contributed by atoms with Crippen molar-refractivity contribution in [1.82, 2.24) is 20.4 Å². The molecule has 0 aliphatic heterocycles. The van der Waals surface area contributed by atoms with Crippen molar-refractivity contribution in [3.63, 3.8) is 0 Å². The molecule has 1 aromatic heterocycles. The van der Waals surface area contributed by atoms with Crippen molar-refractivity contribution in [3.05, 3.63) is 11.9 Å². The third-order valence-electron chi connectivity index (χ3n) is 2.06. The molecule has 0 aromatic carbocycles. The van der Waals surface area contributed by atoms with Gasteiger partial charge in [-0.3, -0.25) is 16.0 Å². The van der Waals surface area contributed by atoms with Crippen LogP contribution in [0.5, 0.6) is 0 Å². The predicted octanol–water partition coefficient (Wildman–Crippen LogP) is 0.00460. The largest absolute Gasteiger partial charge is 0.374 e. The van der Waals surface area contributed by atoms with Gasteiger partial charge in [-0.1, -0.05) is 5.21 Å². The lowest BCUT2D eigenvalue weighted by Crippen LogP contribution is -2.42. The van der Waals surface area contributed by atoms with E-state index in [-0.39, 0.29) is 11.6 Å². The standard InChI is InChI=1S/C10H21N5O/c1-10(2,3)16-7-9(12-11)5-8-6-15(4)14-13-8/h6,9,12H,5,7,11H2,1-4H3. The van der Waals surface area contributed by atoms with Crippen molar-refractivity contribution >= 4 is 0 Å². The maximum Gasteiger partial charge on any atom is 0.0843 e. The second-order valence-corrected chi connectivity index (χ2v) is 4.87. The lowest BCUT2D eigenvalue weighted by molar-refractivity contribution is -0.0144. The van der Waals surface area contributed by atoms with Crippen molar-refractivity contribution in [2.24, 2.45) is 12.9 Å². The van der Waals surface area contributed by atoms with E-state index >= 15 is 0 Å². The summed E-state index contributed by atoms with van der Waals surface area (Å²) in [6.45, 7) is 6.60. The monoisotopic (exact) mass is 227 g/mol. The number of hydrogen-bond donors (Lipinski definition) is 2. The molecule has 1 heterocycles. The van der Waals surface area contributed by atoms with Crippen LogP contribution in [-0.4, -0.2) is 33.2 Å². The molecular weight excluding hydrogens is 206 g/mol. The van der Waals surface area contributed by atoms with Crippen LogP contribution in [0.3, 0.4) is 0 Å². The van der Waals surface area contributed by atoms with Gasteiger partial charge in [-0.05, 0) is 20.8 Å². The molecule has 6 heteroatoms. The summed E-state index contributed by atoms with van der Waals surface area (Å²) in [4.78, 5) is 0. The van der Waals surface area contributed by atoms with Crippen molar-refractivity contribution in [1.29, 1.82) is 0 Å². The molecule has 0 amide bonds. The summed E-state index contributed by atoms with van der Waals surface area (Å²) >= 11 is 0. The van der Waals surface area contributed by atoms with Gasteiger partial charge in [-0.2, -0.15) is 0 Å². The number of nitrogens with two attached hydrogens (primary N) is 1. The van der Waals surface area contributed by atoms with E-state index in [1.807, 2.05) is 34.0 Å². The zero-order chi connectivity index (χ0) is 12.2. The molecule has 0 radical (unpaired) electrons. The van der Waals surface area contributed by atoms with Gasteiger partial charge in [-0.15, -0.1) is 5.10 Å². The first-order chi connectivity index (χ1) is 7.40. The van der Waals surface area contributed by atoms with Gasteiger partial charge in [-0.25, -0.2) is 0 Å². The van der Waals surface area contributed by atoms with Crippen LogP contribution in [0.15, 0.2) is 6.20 Å². The predicted molar refractivity (Wildman–Crippen MR) is 61.5 cm³/mol. The van der Waals surface area contributed by atoms with Crippen LogP contribution in [0.2, 0.25) is 0 Å². The highest BCUT2D eigenvalue weighted by Crippen LogP contribution is 2.08. The zero-order valence-corrected chi connectivity index (χ0v) is 10.4. The number of aryl methyl sites for hydroxylation is 1. The van der Waals surface area contributed by atoms with Crippen molar-refractivity contribution < 1.29 is 4.74 Å². The minimum Gasteiger partial charge on any atom is -0.374 e. The third-order valence-corrected chi connectivity index (χ3v) is 2.06. The number of aromatic nitrogens is 3. The van der Waals surface area contributed by atoms with Crippen LogP contribution in [0.1, 0.15) is 26.5 Å². The highest BCUT2D eigenvalue weighted by molar-refractivity contribution is 4.95. The van der Waals surface area contributed by atoms with Crippen molar-refractivity contribution in [2.45, 2.75) is 38.8 Å². The lowest BCUT2D eigenvalue weighted by Gasteiger charge is -2.23. The number of hydrogen-bond acceptors (Lipinski definition) is 5. The maximum absolute atomic E-state index is 5.66. The second-order valence-electron chi connectivity index (χ2n) is 4.87. The average Bonchev–Trinajstić information content (AvgIpc) is 2.57. The molecule has 92 valence electrons. The first kappa shape index (κ1) is 13.1. The molecule has 6 nitrogen and oxygen atoms in total. The molecule has 0 spiro atoms. The normalized spacial score (nSPS) is 14.1. The van der Waals surface area contributed by atoms with E-state index in [0.29, 0.717) is 13.0 Å². The van der Waals surface area contributed by atoms with Gasteiger partial charge in [0.05, 0.1) is 23.9 Å². The first-order valence-electron chi connectivity index (χ1n) is 5.36. The molecule has 0 bridgehead atoms. The smallest absolute Gasteiger partial charge is 0.0843 e. The number of hydrazine groups is 1. The van der Waals surface area contributed by atoms with Crippen LogP contribution in [0.4, 0.5) is 0 Å². The fourth-order valence-corrected chi connectivity index (χ4v) is 1.26. The Balaban J connectivity index is 2.43. The Morgan fingerprint density at radius 1 is 1.56 bits per heavy atom. The molecule has 1 aromatic rings. The quantitative estimate of drug-likeness (QED) is 0.547. The van der Waals surface area contributed by atoms with Gasteiger partial charge >= 0.3 is 0 Å². The van der Waals surface area contributed by atoms with Crippen LogP contribution in [-0.2, 0) is 18.2 Å². The second kappa shape index (κ2) is 5.38. The summed E-state index contributed by atoms with van der Waals surface area (Å²) in [5.74, 6) is 5.47. The van der Waals surface area contributed by atoms with Crippen LogP contribution in [0.25, 0.3) is 0 Å². The average molecular weight is 227 g/mol. The Morgan fingerprint density at radius 2 is 2.25 bits per heavy atom. The Morgan fingerprint density at radius 3 is 2.69 bits per heavy atom. The third kappa shape index (κ3) is 4.69. The molecule has 0 saturated carbocycles. The highest BCUT2D eigenvalue weighted by atomic mass is 16.5. The van der Waals surface area contributed by atoms with E-state index in [4.69, 9.17) is 10.6 Å². The summed E-state index contributed by atoms with van der Waals surface area (Å²) in [5.41, 5.74) is 3.48. The molecule has 0 aliphatic rings. The van der Waals surface area contributed by atoms with Gasteiger partial charge in [0.15, 0.2) is 0 Å². The van der Waals surface area contributed by atoms with E-state index in [0.717, 1.165) is 5.69 Å². The number of rotatable bonds is 5. The van der Waals surface area contributed by atoms with Crippen molar-refractivity contribution in [2.75, 3.05) is 6.61 Å². The summed E-state index contributed by atoms with van der Waals surface area (Å²) in [5, 5.41) is 7.88. The van der Waals surface area contributed by atoms with Gasteiger partial charge in [0, 0.05) is 19.7 Å². The Kier molecular flexibility index (Phi) is 4.40. The molecular formula is C10H21N5O. The molecule has 0 aliphatic carbocycles. The fraction of sp³-hybridized carbons (Fsp3) is 0.800. The highest BCUT2D eigenvalue weighted by Gasteiger charge is 2.16. The zero-order valence-electron chi connectivity index (χ0n) is 10.4. The molecule has 0 fully saturated rings. The molecule has 0 saturated heterocycles. The van der Waals surface area contributed by atoms with E-state index in [1.165, 1.54) is 0 Å². The molecule has 1 rings (SSSR count). The van der Waals surface area contributed by atoms with Crippen LogP contribution < -0.4 is 11.3 Å². The van der Waals surface area contributed by atoms with E-state index in [9.17, 15) is 0 Å². The molecule has 3 N–H and O–H groups in total. The minimum absolute atomic E-state index is 0.0518. The van der Waals surface area contributed by atoms with Crippen LogP contribution >= 0.6 is 0 Å². The van der Waals surface area contributed by atoms with Crippen LogP contribution in [0, 0.1) is 0 Å². The summed E-state index contributed by atoms with van der Waals surface area (Å²) < 4.78 is 7.34. The van der Waals surface area contributed by atoms with Gasteiger partial charge in [0.2, 0.25) is 0 Å². The summed E-state index contributed by atoms with van der Waals surface area (Å²) in [6.07, 6.45) is 2.59. The van der Waals surface area contributed by atoms with E-state index < -0.39 is 0 Å². The fourth-order valence-electron chi connectivity index (χ4n) is 1.26. The van der Waals surface area contributed by atoms with E-state index in [2.05, 4.69) is 15.7 Å². The van der Waals surface area contributed by atoms with Gasteiger partial charge < -0.3 is 4.74 Å². The summed E-state index contributed by atoms with van der Waals surface area (Å²) in [7, 11) is 1.84. The first-order valence-corrected chi connectivity index (χ1v) is 5.36. The van der Waals surface area contributed by atoms with Gasteiger partial charge in [0.25, 0.3) is 0 Å². The van der Waals surface area contributed by atoms with Gasteiger partial charge in [0.1, 0.15) is 0 Å². The molecule has 16 heavy (non-hydrogen) atoms. The molecule has 1 atom stereocenters. The minimum atomic E-state index is -0.155. The molecule has 1 unspecified atom stereocenters. The van der Waals surface area contributed by atoms with Crippen molar-refractivity contribution in [3.8, 4) is 0 Å². The Hall–Kier alpha value is -0.980. The Labute approximate surface area is 96.1 Å². The van der Waals surface area contributed by atoms with E-state index in [1.54, 1.807) is 4.68 Å². The SMILES string of the molecule is Cn1cc(CC(COC(C)(C)C)NN)nn1.